The number of carbonyl (C=O) groups excluding carboxylic acids is 2. The van der Waals surface area contributed by atoms with Crippen LogP contribution in [0.4, 0.5) is 16.3 Å². The first-order chi connectivity index (χ1) is 15.0. The van der Waals surface area contributed by atoms with Crippen LogP contribution in [-0.4, -0.2) is 82.2 Å². The highest BCUT2D eigenvalue weighted by Crippen LogP contribution is 2.23. The van der Waals surface area contributed by atoms with Crippen LogP contribution in [0.3, 0.4) is 0 Å². The van der Waals surface area contributed by atoms with Crippen LogP contribution in [-0.2, 0) is 9.53 Å². The molecule has 1 unspecified atom stereocenters. The van der Waals surface area contributed by atoms with Crippen molar-refractivity contribution in [3.63, 3.8) is 0 Å². The van der Waals surface area contributed by atoms with Crippen molar-refractivity contribution in [2.45, 2.75) is 13.0 Å². The molecular weight excluding hydrogens is 418 g/mol. The van der Waals surface area contributed by atoms with E-state index in [1.165, 1.54) is 11.8 Å². The Morgan fingerprint density at radius 3 is 2.65 bits per heavy atom. The SMILES string of the molecule is CC(=O)NCC1CN(c2ccc(N3CCN(C(=S)c4cnccn4)CC3)nc2)C(=O)O1. The fraction of sp³-hybridized carbons (Fsp3) is 0.400. The Bertz CT molecular complexity index is 949. The molecule has 0 spiro atoms. The summed E-state index contributed by atoms with van der Waals surface area (Å²) in [5.74, 6) is 0.689. The average Bonchev–Trinajstić information content (AvgIpc) is 3.18. The van der Waals surface area contributed by atoms with Gasteiger partial charge in [-0.25, -0.2) is 9.78 Å². The van der Waals surface area contributed by atoms with Crippen molar-refractivity contribution in [2.24, 2.45) is 0 Å². The number of rotatable bonds is 5. The predicted octanol–water partition coefficient (Wildman–Crippen LogP) is 0.831. The standard InChI is InChI=1S/C20H23N7O3S/c1-14(28)23-11-16-13-27(20(29)30-16)15-2-3-18(24-10-15)25-6-8-26(9-7-25)19(31)17-12-21-4-5-22-17/h2-5,10,12,16H,6-9,11,13H2,1H3,(H,23,28). The van der Waals surface area contributed by atoms with Gasteiger partial charge in [0.05, 0.1) is 31.2 Å². The van der Waals surface area contributed by atoms with E-state index in [4.69, 9.17) is 17.0 Å². The Balaban J connectivity index is 1.32. The number of thiocarbonyl (C=S) groups is 1. The third-order valence-corrected chi connectivity index (χ3v) is 5.64. The summed E-state index contributed by atoms with van der Waals surface area (Å²) < 4.78 is 5.30. The van der Waals surface area contributed by atoms with Crippen LogP contribution >= 0.6 is 12.2 Å². The van der Waals surface area contributed by atoms with Gasteiger partial charge in [0.2, 0.25) is 5.91 Å². The largest absolute Gasteiger partial charge is 0.442 e. The number of amides is 2. The first-order valence-corrected chi connectivity index (χ1v) is 10.4. The molecule has 0 saturated carbocycles. The zero-order valence-electron chi connectivity index (χ0n) is 17.1. The van der Waals surface area contributed by atoms with Crippen molar-refractivity contribution in [1.29, 1.82) is 0 Å². The number of hydrogen-bond acceptors (Lipinski definition) is 8. The molecule has 11 heteroatoms. The molecule has 0 bridgehead atoms. The van der Waals surface area contributed by atoms with Crippen LogP contribution in [0.5, 0.6) is 0 Å². The molecular formula is C20H23N7O3S. The van der Waals surface area contributed by atoms with E-state index in [1.54, 1.807) is 24.8 Å². The van der Waals surface area contributed by atoms with Crippen LogP contribution in [0.25, 0.3) is 0 Å². The number of cyclic esters (lactones) is 1. The second-order valence-electron chi connectivity index (χ2n) is 7.30. The van der Waals surface area contributed by atoms with E-state index < -0.39 is 6.09 Å². The monoisotopic (exact) mass is 441 g/mol. The van der Waals surface area contributed by atoms with E-state index in [1.807, 2.05) is 12.1 Å². The van der Waals surface area contributed by atoms with Crippen molar-refractivity contribution < 1.29 is 14.3 Å². The predicted molar refractivity (Wildman–Crippen MR) is 118 cm³/mol. The number of anilines is 2. The first-order valence-electron chi connectivity index (χ1n) is 10.00. The highest BCUT2D eigenvalue weighted by Gasteiger charge is 2.32. The minimum Gasteiger partial charge on any atom is -0.442 e. The van der Waals surface area contributed by atoms with Crippen LogP contribution in [0.2, 0.25) is 0 Å². The number of nitrogens with one attached hydrogen (secondary N) is 1. The Hall–Kier alpha value is -3.34. The quantitative estimate of drug-likeness (QED) is 0.676. The van der Waals surface area contributed by atoms with E-state index in [-0.39, 0.29) is 12.0 Å². The molecule has 0 aromatic carbocycles. The molecule has 0 aliphatic carbocycles. The maximum atomic E-state index is 12.2. The van der Waals surface area contributed by atoms with Crippen LogP contribution in [0.1, 0.15) is 12.6 Å². The molecule has 2 fully saturated rings. The Labute approximate surface area is 185 Å². The molecule has 31 heavy (non-hydrogen) atoms. The van der Waals surface area contributed by atoms with Gasteiger partial charge in [0, 0.05) is 45.5 Å². The summed E-state index contributed by atoms with van der Waals surface area (Å²) in [5.41, 5.74) is 1.38. The molecule has 2 aliphatic heterocycles. The van der Waals surface area contributed by atoms with Gasteiger partial charge in [0.15, 0.2) is 0 Å². The van der Waals surface area contributed by atoms with Gasteiger partial charge in [0.1, 0.15) is 22.6 Å². The van der Waals surface area contributed by atoms with Crippen LogP contribution < -0.4 is 15.1 Å². The smallest absolute Gasteiger partial charge is 0.414 e. The topological polar surface area (TPSA) is 104 Å². The van der Waals surface area contributed by atoms with Crippen molar-refractivity contribution in [3.8, 4) is 0 Å². The molecule has 2 aromatic rings. The molecule has 4 rings (SSSR count). The molecule has 1 atom stereocenters. The van der Waals surface area contributed by atoms with E-state index in [9.17, 15) is 9.59 Å². The second-order valence-corrected chi connectivity index (χ2v) is 7.68. The van der Waals surface area contributed by atoms with E-state index >= 15 is 0 Å². The molecule has 2 saturated heterocycles. The summed E-state index contributed by atoms with van der Waals surface area (Å²) >= 11 is 5.54. The molecule has 10 nitrogen and oxygen atoms in total. The lowest BCUT2D eigenvalue weighted by Crippen LogP contribution is -2.48. The lowest BCUT2D eigenvalue weighted by molar-refractivity contribution is -0.119. The van der Waals surface area contributed by atoms with Gasteiger partial charge in [0.25, 0.3) is 0 Å². The lowest BCUT2D eigenvalue weighted by Gasteiger charge is -2.36. The summed E-state index contributed by atoms with van der Waals surface area (Å²) in [6, 6.07) is 3.77. The van der Waals surface area contributed by atoms with E-state index in [0.717, 1.165) is 32.0 Å². The highest BCUT2D eigenvalue weighted by molar-refractivity contribution is 7.80. The van der Waals surface area contributed by atoms with Crippen molar-refractivity contribution in [1.82, 2.24) is 25.2 Å². The molecule has 0 radical (unpaired) electrons. The first kappa shape index (κ1) is 20.9. The fourth-order valence-electron chi connectivity index (χ4n) is 3.53. The van der Waals surface area contributed by atoms with Crippen LogP contribution in [0.15, 0.2) is 36.9 Å². The van der Waals surface area contributed by atoms with E-state index in [0.29, 0.717) is 29.5 Å². The zero-order chi connectivity index (χ0) is 21.8. The number of aromatic nitrogens is 3. The Morgan fingerprint density at radius 2 is 2.00 bits per heavy atom. The minimum atomic E-state index is -0.434. The van der Waals surface area contributed by atoms with Gasteiger partial charge in [-0.1, -0.05) is 12.2 Å². The number of hydrogen-bond donors (Lipinski definition) is 1. The summed E-state index contributed by atoms with van der Waals surface area (Å²) in [6.07, 6.45) is 5.82. The van der Waals surface area contributed by atoms with Crippen molar-refractivity contribution >= 4 is 40.7 Å². The minimum absolute atomic E-state index is 0.155. The number of nitrogens with zero attached hydrogens (tertiary/aromatic N) is 6. The van der Waals surface area contributed by atoms with Gasteiger partial charge >= 0.3 is 6.09 Å². The summed E-state index contributed by atoms with van der Waals surface area (Å²) in [5, 5.41) is 2.67. The summed E-state index contributed by atoms with van der Waals surface area (Å²) in [6.45, 7) is 5.18. The van der Waals surface area contributed by atoms with Gasteiger partial charge < -0.3 is 19.9 Å². The maximum absolute atomic E-state index is 12.2. The molecule has 2 amide bonds. The number of piperazine rings is 1. The van der Waals surface area contributed by atoms with Gasteiger partial charge in [-0.05, 0) is 12.1 Å². The maximum Gasteiger partial charge on any atom is 0.414 e. The molecule has 162 valence electrons. The normalized spacial score (nSPS) is 18.7. The van der Waals surface area contributed by atoms with Crippen molar-refractivity contribution in [2.75, 3.05) is 49.1 Å². The average molecular weight is 442 g/mol. The molecule has 2 aromatic heterocycles. The van der Waals surface area contributed by atoms with E-state index in [2.05, 4.69) is 30.1 Å². The van der Waals surface area contributed by atoms with Gasteiger partial charge in [-0.15, -0.1) is 0 Å². The van der Waals surface area contributed by atoms with Crippen LogP contribution in [0, 0.1) is 0 Å². The number of carbonyl (C=O) groups is 2. The Morgan fingerprint density at radius 1 is 1.19 bits per heavy atom. The number of ether oxygens (including phenoxy) is 1. The van der Waals surface area contributed by atoms with Gasteiger partial charge in [-0.2, -0.15) is 0 Å². The lowest BCUT2D eigenvalue weighted by atomic mass is 10.2. The van der Waals surface area contributed by atoms with Gasteiger partial charge in [-0.3, -0.25) is 19.7 Å². The molecule has 1 N–H and O–H groups in total. The molecule has 4 heterocycles. The number of pyridine rings is 1. The zero-order valence-corrected chi connectivity index (χ0v) is 17.9. The third-order valence-electron chi connectivity index (χ3n) is 5.17. The van der Waals surface area contributed by atoms with Crippen molar-refractivity contribution in [3.05, 3.63) is 42.6 Å². The highest BCUT2D eigenvalue weighted by atomic mass is 32.1. The fourth-order valence-corrected chi connectivity index (χ4v) is 3.82. The molecule has 2 aliphatic rings. The third kappa shape index (κ3) is 4.88. The Kier molecular flexibility index (Phi) is 6.21. The second kappa shape index (κ2) is 9.21. The summed E-state index contributed by atoms with van der Waals surface area (Å²) in [7, 11) is 0. The summed E-state index contributed by atoms with van der Waals surface area (Å²) in [4.78, 5) is 42.7.